The minimum atomic E-state index is 0.180. The molecule has 0 radical (unpaired) electrons. The van der Waals surface area contributed by atoms with E-state index in [0.29, 0.717) is 13.1 Å². The van der Waals surface area contributed by atoms with Gasteiger partial charge in [-0.15, -0.1) is 0 Å². The molecule has 0 aliphatic carbocycles. The lowest BCUT2D eigenvalue weighted by atomic mass is 9.99. The van der Waals surface area contributed by atoms with Gasteiger partial charge in [-0.2, -0.15) is 0 Å². The second kappa shape index (κ2) is 7.14. The Morgan fingerprint density at radius 1 is 1.04 bits per heavy atom. The van der Waals surface area contributed by atoms with Gasteiger partial charge in [-0.25, -0.2) is 0 Å². The number of anilines is 1. The summed E-state index contributed by atoms with van der Waals surface area (Å²) in [4.78, 5) is 16.4. The van der Waals surface area contributed by atoms with Gasteiger partial charge in [-0.05, 0) is 29.7 Å². The molecule has 118 valence electrons. The van der Waals surface area contributed by atoms with E-state index in [1.165, 1.54) is 11.1 Å². The van der Waals surface area contributed by atoms with Crippen molar-refractivity contribution >= 4 is 17.2 Å². The zero-order valence-electron chi connectivity index (χ0n) is 13.5. The van der Waals surface area contributed by atoms with Gasteiger partial charge >= 0.3 is 0 Å². The fourth-order valence-corrected chi connectivity index (χ4v) is 2.89. The third-order valence-corrected chi connectivity index (χ3v) is 4.28. The molecule has 1 heterocycles. The molecule has 0 aromatic heterocycles. The van der Waals surface area contributed by atoms with Crippen LogP contribution >= 0.6 is 0 Å². The van der Waals surface area contributed by atoms with Crippen LogP contribution in [0.2, 0.25) is 0 Å². The lowest BCUT2D eigenvalue weighted by molar-refractivity contribution is -0.129. The SMILES string of the molecule is CN(CC(=O)N1CC=C(c2ccccc2)CC1)c1ccccc1. The van der Waals surface area contributed by atoms with Gasteiger partial charge in [0.1, 0.15) is 0 Å². The zero-order chi connectivity index (χ0) is 16.1. The Kier molecular flexibility index (Phi) is 4.77. The number of hydrogen-bond acceptors (Lipinski definition) is 2. The minimum Gasteiger partial charge on any atom is -0.365 e. The summed E-state index contributed by atoms with van der Waals surface area (Å²) in [7, 11) is 1.96. The average Bonchev–Trinajstić information content (AvgIpc) is 2.63. The molecule has 3 rings (SSSR count). The van der Waals surface area contributed by atoms with Gasteiger partial charge in [0, 0.05) is 25.8 Å². The van der Waals surface area contributed by atoms with Gasteiger partial charge in [0.05, 0.1) is 6.54 Å². The minimum absolute atomic E-state index is 0.180. The van der Waals surface area contributed by atoms with E-state index < -0.39 is 0 Å². The molecule has 0 spiro atoms. The first-order chi connectivity index (χ1) is 11.2. The lowest BCUT2D eigenvalue weighted by Crippen LogP contribution is -2.41. The van der Waals surface area contributed by atoms with E-state index in [2.05, 4.69) is 30.3 Å². The van der Waals surface area contributed by atoms with Gasteiger partial charge < -0.3 is 9.80 Å². The molecular formula is C20H22N2O. The molecule has 0 fully saturated rings. The van der Waals surface area contributed by atoms with Crippen molar-refractivity contribution in [1.82, 2.24) is 4.90 Å². The highest BCUT2D eigenvalue weighted by Gasteiger charge is 2.19. The monoisotopic (exact) mass is 306 g/mol. The van der Waals surface area contributed by atoms with Crippen LogP contribution in [-0.4, -0.2) is 37.5 Å². The molecule has 3 heteroatoms. The maximum absolute atomic E-state index is 12.5. The topological polar surface area (TPSA) is 23.6 Å². The van der Waals surface area contributed by atoms with Crippen molar-refractivity contribution in [2.75, 3.05) is 31.6 Å². The molecule has 0 saturated heterocycles. The Morgan fingerprint density at radius 3 is 2.30 bits per heavy atom. The van der Waals surface area contributed by atoms with Crippen LogP contribution in [-0.2, 0) is 4.79 Å². The smallest absolute Gasteiger partial charge is 0.242 e. The molecule has 3 nitrogen and oxygen atoms in total. The quantitative estimate of drug-likeness (QED) is 0.864. The summed E-state index contributed by atoms with van der Waals surface area (Å²) in [5, 5.41) is 0. The van der Waals surface area contributed by atoms with Crippen molar-refractivity contribution < 1.29 is 4.79 Å². The first kappa shape index (κ1) is 15.3. The van der Waals surface area contributed by atoms with E-state index in [4.69, 9.17) is 0 Å². The number of benzene rings is 2. The molecule has 1 aliphatic heterocycles. The Balaban J connectivity index is 1.59. The fourth-order valence-electron chi connectivity index (χ4n) is 2.89. The molecule has 1 amide bonds. The average molecular weight is 306 g/mol. The van der Waals surface area contributed by atoms with Crippen molar-refractivity contribution in [3.63, 3.8) is 0 Å². The van der Waals surface area contributed by atoms with E-state index in [9.17, 15) is 4.79 Å². The molecule has 0 bridgehead atoms. The molecule has 2 aromatic carbocycles. The summed E-state index contributed by atoms with van der Waals surface area (Å²) in [6, 6.07) is 20.4. The summed E-state index contributed by atoms with van der Waals surface area (Å²) in [5.74, 6) is 0.180. The third-order valence-electron chi connectivity index (χ3n) is 4.28. The van der Waals surface area contributed by atoms with Gasteiger partial charge in [-0.1, -0.05) is 54.6 Å². The normalized spacial score (nSPS) is 14.3. The van der Waals surface area contributed by atoms with E-state index in [0.717, 1.165) is 18.7 Å². The van der Waals surface area contributed by atoms with Crippen LogP contribution in [0.4, 0.5) is 5.69 Å². The summed E-state index contributed by atoms with van der Waals surface area (Å²) in [6.07, 6.45) is 3.10. The van der Waals surface area contributed by atoms with Crippen LogP contribution in [0.3, 0.4) is 0 Å². The molecule has 0 unspecified atom stereocenters. The van der Waals surface area contributed by atoms with Crippen molar-refractivity contribution in [2.45, 2.75) is 6.42 Å². The largest absolute Gasteiger partial charge is 0.365 e. The number of carbonyl (C=O) groups excluding carboxylic acids is 1. The summed E-state index contributed by atoms with van der Waals surface area (Å²) >= 11 is 0. The zero-order valence-corrected chi connectivity index (χ0v) is 13.5. The molecule has 0 atom stereocenters. The summed E-state index contributed by atoms with van der Waals surface area (Å²) in [5.41, 5.74) is 3.67. The van der Waals surface area contributed by atoms with E-state index in [1.807, 2.05) is 53.2 Å². The Hall–Kier alpha value is -2.55. The molecule has 2 aromatic rings. The number of amides is 1. The van der Waals surface area contributed by atoms with Crippen molar-refractivity contribution in [3.05, 3.63) is 72.3 Å². The number of carbonyl (C=O) groups is 1. The van der Waals surface area contributed by atoms with Crippen molar-refractivity contribution in [1.29, 1.82) is 0 Å². The molecule has 23 heavy (non-hydrogen) atoms. The molecule has 0 saturated carbocycles. The number of hydrogen-bond donors (Lipinski definition) is 0. The number of nitrogens with zero attached hydrogens (tertiary/aromatic N) is 2. The first-order valence-corrected chi connectivity index (χ1v) is 8.02. The summed E-state index contributed by atoms with van der Waals surface area (Å²) < 4.78 is 0. The number of rotatable bonds is 4. The molecule has 0 N–H and O–H groups in total. The van der Waals surface area contributed by atoms with Crippen LogP contribution in [0, 0.1) is 0 Å². The third kappa shape index (κ3) is 3.81. The van der Waals surface area contributed by atoms with E-state index >= 15 is 0 Å². The van der Waals surface area contributed by atoms with Gasteiger partial charge in [0.25, 0.3) is 0 Å². The highest BCUT2D eigenvalue weighted by atomic mass is 16.2. The van der Waals surface area contributed by atoms with Gasteiger partial charge in [0.15, 0.2) is 0 Å². The first-order valence-electron chi connectivity index (χ1n) is 8.02. The van der Waals surface area contributed by atoms with Gasteiger partial charge in [-0.3, -0.25) is 4.79 Å². The Labute approximate surface area is 137 Å². The Bertz CT molecular complexity index is 679. The van der Waals surface area contributed by atoms with E-state index in [-0.39, 0.29) is 5.91 Å². The highest BCUT2D eigenvalue weighted by Crippen LogP contribution is 2.22. The predicted molar refractivity (Wildman–Crippen MR) is 95.3 cm³/mol. The van der Waals surface area contributed by atoms with Crippen LogP contribution in [0.5, 0.6) is 0 Å². The second-order valence-electron chi connectivity index (χ2n) is 5.88. The lowest BCUT2D eigenvalue weighted by Gasteiger charge is -2.29. The molecular weight excluding hydrogens is 284 g/mol. The van der Waals surface area contributed by atoms with Gasteiger partial charge in [0.2, 0.25) is 5.91 Å². The Morgan fingerprint density at radius 2 is 1.70 bits per heavy atom. The van der Waals surface area contributed by atoms with Crippen LogP contribution in [0.25, 0.3) is 5.57 Å². The molecule has 1 aliphatic rings. The fraction of sp³-hybridized carbons (Fsp3) is 0.250. The highest BCUT2D eigenvalue weighted by molar-refractivity contribution is 5.82. The predicted octanol–water partition coefficient (Wildman–Crippen LogP) is 3.44. The van der Waals surface area contributed by atoms with E-state index in [1.54, 1.807) is 0 Å². The maximum atomic E-state index is 12.5. The van der Waals surface area contributed by atoms with Crippen LogP contribution in [0.1, 0.15) is 12.0 Å². The van der Waals surface area contributed by atoms with Crippen molar-refractivity contribution in [2.24, 2.45) is 0 Å². The second-order valence-corrected chi connectivity index (χ2v) is 5.88. The van der Waals surface area contributed by atoms with Crippen molar-refractivity contribution in [3.8, 4) is 0 Å². The maximum Gasteiger partial charge on any atom is 0.242 e. The van der Waals surface area contributed by atoms with Crippen LogP contribution in [0.15, 0.2) is 66.7 Å². The van der Waals surface area contributed by atoms with Crippen LogP contribution < -0.4 is 4.90 Å². The number of para-hydroxylation sites is 1. The summed E-state index contributed by atoms with van der Waals surface area (Å²) in [6.45, 7) is 1.91. The number of likely N-dealkylation sites (N-methyl/N-ethyl adjacent to an activating group) is 1. The standard InChI is InChI=1S/C20H22N2O/c1-21(19-10-6-3-7-11-19)16-20(23)22-14-12-18(13-15-22)17-8-4-2-5-9-17/h2-12H,13-16H2,1H3.